The number of aryl methyl sites for hydroxylation is 1. The first-order valence-electron chi connectivity index (χ1n) is 10.7. The minimum atomic E-state index is -0.285. The lowest BCUT2D eigenvalue weighted by Gasteiger charge is -2.18. The summed E-state index contributed by atoms with van der Waals surface area (Å²) in [6.45, 7) is 9.54. The fraction of sp³-hybridized carbons (Fsp3) is 0.292. The van der Waals surface area contributed by atoms with Gasteiger partial charge >= 0.3 is 0 Å². The van der Waals surface area contributed by atoms with E-state index in [4.69, 9.17) is 13.7 Å². The molecule has 4 aromatic rings. The van der Waals surface area contributed by atoms with Crippen LogP contribution in [0.15, 0.2) is 57.7 Å². The molecule has 8 nitrogen and oxygen atoms in total. The number of carbonyl (C=O) groups is 1. The van der Waals surface area contributed by atoms with E-state index in [0.717, 1.165) is 25.4 Å². The normalized spacial score (nSPS) is 11.2. The molecule has 3 aromatic heterocycles. The van der Waals surface area contributed by atoms with Crippen LogP contribution in [0.25, 0.3) is 22.6 Å². The maximum absolute atomic E-state index is 13.1. The predicted octanol–water partition coefficient (Wildman–Crippen LogP) is 4.76. The van der Waals surface area contributed by atoms with Crippen LogP contribution in [0.3, 0.4) is 0 Å². The molecule has 3 heterocycles. The second kappa shape index (κ2) is 9.65. The highest BCUT2D eigenvalue weighted by molar-refractivity contribution is 6.12. The highest BCUT2D eigenvalue weighted by atomic mass is 16.5. The number of hydrogen-bond acceptors (Lipinski definition) is 7. The zero-order valence-corrected chi connectivity index (χ0v) is 18.4. The minimum Gasteiger partial charge on any atom is -0.492 e. The topological polar surface area (TPSA) is 93.6 Å². The molecule has 8 heteroatoms. The number of pyridine rings is 1. The second-order valence-electron chi connectivity index (χ2n) is 7.33. The van der Waals surface area contributed by atoms with E-state index in [1.807, 2.05) is 24.3 Å². The lowest BCUT2D eigenvalue weighted by atomic mass is 10.1. The number of furan rings is 1. The Balaban J connectivity index is 1.50. The summed E-state index contributed by atoms with van der Waals surface area (Å²) >= 11 is 0. The first-order chi connectivity index (χ1) is 15.6. The quantitative estimate of drug-likeness (QED) is 0.406. The summed E-state index contributed by atoms with van der Waals surface area (Å²) in [6.07, 6.45) is 1.55. The number of ether oxygens (including phenoxy) is 1. The number of fused-ring (bicyclic) bond motifs is 1. The van der Waals surface area contributed by atoms with E-state index in [2.05, 4.69) is 34.2 Å². The smallest absolute Gasteiger partial charge is 0.259 e. The third-order valence-electron chi connectivity index (χ3n) is 5.32. The fourth-order valence-electron chi connectivity index (χ4n) is 3.49. The van der Waals surface area contributed by atoms with Gasteiger partial charge in [0.15, 0.2) is 5.76 Å². The summed E-state index contributed by atoms with van der Waals surface area (Å²) in [5.74, 6) is 1.02. The number of aromatic nitrogens is 2. The Hall–Kier alpha value is -3.65. The summed E-state index contributed by atoms with van der Waals surface area (Å²) in [5, 5.41) is 7.47. The van der Waals surface area contributed by atoms with Gasteiger partial charge in [0.1, 0.15) is 18.1 Å². The molecule has 4 rings (SSSR count). The van der Waals surface area contributed by atoms with E-state index in [1.54, 1.807) is 31.4 Å². The monoisotopic (exact) mass is 434 g/mol. The molecular formula is C24H26N4O4. The zero-order valence-electron chi connectivity index (χ0n) is 18.4. The van der Waals surface area contributed by atoms with E-state index in [0.29, 0.717) is 46.1 Å². The molecule has 0 saturated carbocycles. The molecule has 0 atom stereocenters. The minimum absolute atomic E-state index is 0.285. The largest absolute Gasteiger partial charge is 0.492 e. The first kappa shape index (κ1) is 21.6. The Bertz CT molecular complexity index is 1180. The lowest BCUT2D eigenvalue weighted by Crippen LogP contribution is -2.27. The number of amides is 1. The van der Waals surface area contributed by atoms with Crippen LogP contribution < -0.4 is 10.1 Å². The summed E-state index contributed by atoms with van der Waals surface area (Å²) in [6, 6.07) is 12.5. The number of benzene rings is 1. The Kier molecular flexibility index (Phi) is 6.51. The highest BCUT2D eigenvalue weighted by Crippen LogP contribution is 2.28. The molecular weight excluding hydrogens is 408 g/mol. The van der Waals surface area contributed by atoms with Crippen molar-refractivity contribution < 1.29 is 18.5 Å². The molecule has 32 heavy (non-hydrogen) atoms. The van der Waals surface area contributed by atoms with Crippen molar-refractivity contribution in [2.24, 2.45) is 0 Å². The molecule has 0 saturated heterocycles. The summed E-state index contributed by atoms with van der Waals surface area (Å²) in [4.78, 5) is 19.9. The Morgan fingerprint density at radius 1 is 1.16 bits per heavy atom. The van der Waals surface area contributed by atoms with Gasteiger partial charge in [-0.2, -0.15) is 0 Å². The summed E-state index contributed by atoms with van der Waals surface area (Å²) in [7, 11) is 0. The number of nitrogens with zero attached hydrogens (tertiary/aromatic N) is 3. The second-order valence-corrected chi connectivity index (χ2v) is 7.33. The van der Waals surface area contributed by atoms with E-state index < -0.39 is 0 Å². The molecule has 0 aliphatic rings. The average molecular weight is 434 g/mol. The van der Waals surface area contributed by atoms with Crippen LogP contribution in [0, 0.1) is 6.92 Å². The van der Waals surface area contributed by atoms with Crippen LogP contribution in [0.5, 0.6) is 5.75 Å². The molecule has 0 radical (unpaired) electrons. The van der Waals surface area contributed by atoms with Gasteiger partial charge in [0.2, 0.25) is 0 Å². The van der Waals surface area contributed by atoms with Crippen LogP contribution in [0.4, 0.5) is 5.69 Å². The van der Waals surface area contributed by atoms with Crippen molar-refractivity contribution in [1.29, 1.82) is 0 Å². The molecule has 166 valence electrons. The van der Waals surface area contributed by atoms with Crippen molar-refractivity contribution in [3.05, 3.63) is 60.0 Å². The number of anilines is 1. The van der Waals surface area contributed by atoms with Crippen molar-refractivity contribution in [2.75, 3.05) is 31.6 Å². The zero-order chi connectivity index (χ0) is 22.5. The molecule has 0 fully saturated rings. The van der Waals surface area contributed by atoms with Crippen molar-refractivity contribution in [1.82, 2.24) is 15.0 Å². The number of rotatable bonds is 9. The van der Waals surface area contributed by atoms with Gasteiger partial charge in [0.25, 0.3) is 11.6 Å². The van der Waals surface area contributed by atoms with Gasteiger partial charge in [0, 0.05) is 12.2 Å². The summed E-state index contributed by atoms with van der Waals surface area (Å²) in [5.41, 5.74) is 2.46. The van der Waals surface area contributed by atoms with Gasteiger partial charge in [0.05, 0.1) is 22.9 Å². The van der Waals surface area contributed by atoms with Gasteiger partial charge in [-0.25, -0.2) is 4.98 Å². The maximum atomic E-state index is 13.1. The number of hydrogen-bond donors (Lipinski definition) is 1. The van der Waals surface area contributed by atoms with E-state index in [9.17, 15) is 4.79 Å². The van der Waals surface area contributed by atoms with Gasteiger partial charge in [-0.15, -0.1) is 0 Å². The standard InChI is InChI=1S/C24H26N4O4/c1-4-28(5-2)12-14-30-18-10-8-17(9-11-18)25-23(29)19-15-20(21-7-6-13-31-21)26-24-22(19)16(3)27-32-24/h6-11,13,15H,4-5,12,14H2,1-3H3,(H,25,29). The third kappa shape index (κ3) is 4.65. The average Bonchev–Trinajstić information content (AvgIpc) is 3.48. The van der Waals surface area contributed by atoms with Crippen molar-refractivity contribution in [3.63, 3.8) is 0 Å². The molecule has 1 N–H and O–H groups in total. The van der Waals surface area contributed by atoms with E-state index in [1.165, 1.54) is 0 Å². The Morgan fingerprint density at radius 2 is 1.94 bits per heavy atom. The Labute approximate surface area is 186 Å². The van der Waals surface area contributed by atoms with Crippen LogP contribution in [-0.2, 0) is 0 Å². The number of nitrogens with one attached hydrogen (secondary N) is 1. The number of likely N-dealkylation sites (N-methyl/N-ethyl adjacent to an activating group) is 1. The van der Waals surface area contributed by atoms with Crippen molar-refractivity contribution in [2.45, 2.75) is 20.8 Å². The molecule has 1 amide bonds. The SMILES string of the molecule is CCN(CC)CCOc1ccc(NC(=O)c2cc(-c3ccco3)nc3onc(C)c23)cc1. The van der Waals surface area contributed by atoms with Gasteiger partial charge in [-0.05, 0) is 62.5 Å². The molecule has 0 spiro atoms. The number of carbonyl (C=O) groups excluding carboxylic acids is 1. The lowest BCUT2D eigenvalue weighted by molar-refractivity contribution is 0.102. The fourth-order valence-corrected chi connectivity index (χ4v) is 3.49. The predicted molar refractivity (Wildman–Crippen MR) is 122 cm³/mol. The highest BCUT2D eigenvalue weighted by Gasteiger charge is 2.20. The van der Waals surface area contributed by atoms with Crippen LogP contribution >= 0.6 is 0 Å². The summed E-state index contributed by atoms with van der Waals surface area (Å²) < 4.78 is 16.6. The van der Waals surface area contributed by atoms with Crippen molar-refractivity contribution >= 4 is 22.7 Å². The van der Waals surface area contributed by atoms with Crippen LogP contribution in [-0.4, -0.2) is 47.2 Å². The van der Waals surface area contributed by atoms with Crippen molar-refractivity contribution in [3.8, 4) is 17.2 Å². The molecule has 0 bridgehead atoms. The van der Waals surface area contributed by atoms with E-state index in [-0.39, 0.29) is 5.91 Å². The van der Waals surface area contributed by atoms with Crippen LogP contribution in [0.2, 0.25) is 0 Å². The maximum Gasteiger partial charge on any atom is 0.259 e. The van der Waals surface area contributed by atoms with Gasteiger partial charge in [-0.1, -0.05) is 19.0 Å². The molecule has 0 aliphatic carbocycles. The first-order valence-corrected chi connectivity index (χ1v) is 10.7. The van der Waals surface area contributed by atoms with Gasteiger partial charge in [-0.3, -0.25) is 4.79 Å². The van der Waals surface area contributed by atoms with E-state index >= 15 is 0 Å². The van der Waals surface area contributed by atoms with Crippen LogP contribution in [0.1, 0.15) is 29.9 Å². The third-order valence-corrected chi connectivity index (χ3v) is 5.32. The molecule has 0 unspecified atom stereocenters. The van der Waals surface area contributed by atoms with Gasteiger partial charge < -0.3 is 23.9 Å². The Morgan fingerprint density at radius 3 is 2.62 bits per heavy atom. The molecule has 1 aromatic carbocycles. The molecule has 0 aliphatic heterocycles.